The predicted molar refractivity (Wildman–Crippen MR) is 74.2 cm³/mol. The number of nitrogens with zero attached hydrogens (tertiary/aromatic N) is 2. The number of rotatable bonds is 3. The second-order valence-corrected chi connectivity index (χ2v) is 5.99. The normalized spacial score (nSPS) is 18.9. The highest BCUT2D eigenvalue weighted by molar-refractivity contribution is 7.19. The van der Waals surface area contributed by atoms with Crippen molar-refractivity contribution in [1.29, 1.82) is 0 Å². The van der Waals surface area contributed by atoms with Crippen molar-refractivity contribution in [1.82, 2.24) is 9.97 Å². The molecule has 0 aromatic carbocycles. The van der Waals surface area contributed by atoms with E-state index in [0.717, 1.165) is 29.4 Å². The zero-order chi connectivity index (χ0) is 12.5. The molecule has 1 atom stereocenters. The zero-order valence-electron chi connectivity index (χ0n) is 10.4. The van der Waals surface area contributed by atoms with Gasteiger partial charge in [-0.25, -0.2) is 9.97 Å². The number of anilines is 1. The van der Waals surface area contributed by atoms with Crippen LogP contribution in [0.5, 0.6) is 0 Å². The molecule has 2 heterocycles. The Hall–Kier alpha value is -1.20. The van der Waals surface area contributed by atoms with Crippen LogP contribution >= 0.6 is 11.3 Å². The molecule has 4 nitrogen and oxygen atoms in total. The average Bonchev–Trinajstić information content (AvgIpc) is 2.73. The van der Waals surface area contributed by atoms with Gasteiger partial charge < -0.3 is 10.4 Å². The van der Waals surface area contributed by atoms with Crippen molar-refractivity contribution in [2.75, 3.05) is 18.5 Å². The van der Waals surface area contributed by atoms with Gasteiger partial charge in [0.2, 0.25) is 0 Å². The van der Waals surface area contributed by atoms with Gasteiger partial charge in [-0.15, -0.1) is 11.3 Å². The molecule has 18 heavy (non-hydrogen) atoms. The summed E-state index contributed by atoms with van der Waals surface area (Å²) in [6.45, 7) is 2.96. The summed E-state index contributed by atoms with van der Waals surface area (Å²) in [5.74, 6) is 1.65. The number of aromatic nitrogens is 2. The number of hydrogen-bond acceptors (Lipinski definition) is 5. The van der Waals surface area contributed by atoms with E-state index in [1.807, 2.05) is 0 Å². The highest BCUT2D eigenvalue weighted by Crippen LogP contribution is 2.39. The summed E-state index contributed by atoms with van der Waals surface area (Å²) >= 11 is 1.80. The molecule has 0 aliphatic heterocycles. The minimum atomic E-state index is 0.120. The lowest BCUT2D eigenvalue weighted by Gasteiger charge is -2.18. The summed E-state index contributed by atoms with van der Waals surface area (Å²) < 4.78 is 0. The Morgan fingerprint density at radius 1 is 1.50 bits per heavy atom. The number of aliphatic hydroxyl groups excluding tert-OH is 1. The molecule has 2 aromatic rings. The molecular formula is C13H17N3OS. The highest BCUT2D eigenvalue weighted by Gasteiger charge is 2.22. The van der Waals surface area contributed by atoms with E-state index in [1.165, 1.54) is 22.2 Å². The molecule has 0 bridgehead atoms. The molecule has 0 saturated heterocycles. The van der Waals surface area contributed by atoms with Crippen molar-refractivity contribution in [3.63, 3.8) is 0 Å². The molecule has 2 N–H and O–H groups in total. The number of thiophene rings is 1. The largest absolute Gasteiger partial charge is 0.395 e. The quantitative estimate of drug-likeness (QED) is 0.891. The molecule has 0 amide bonds. The van der Waals surface area contributed by atoms with Gasteiger partial charge in [0.05, 0.1) is 12.0 Å². The number of nitrogens with one attached hydrogen (secondary N) is 1. The predicted octanol–water partition coefficient (Wildman–Crippen LogP) is 2.22. The lowest BCUT2D eigenvalue weighted by atomic mass is 9.89. The van der Waals surface area contributed by atoms with E-state index in [2.05, 4.69) is 22.2 Å². The molecule has 1 aliphatic rings. The number of hydrogen-bond donors (Lipinski definition) is 2. The van der Waals surface area contributed by atoms with Crippen LogP contribution in [0.25, 0.3) is 10.2 Å². The smallest absolute Gasteiger partial charge is 0.138 e. The van der Waals surface area contributed by atoms with Gasteiger partial charge in [0.25, 0.3) is 0 Å². The van der Waals surface area contributed by atoms with Crippen LogP contribution in [-0.2, 0) is 12.8 Å². The van der Waals surface area contributed by atoms with Crippen LogP contribution < -0.4 is 5.32 Å². The van der Waals surface area contributed by atoms with E-state index in [-0.39, 0.29) is 6.61 Å². The van der Waals surface area contributed by atoms with E-state index < -0.39 is 0 Å². The van der Waals surface area contributed by atoms with Gasteiger partial charge in [-0.05, 0) is 30.7 Å². The van der Waals surface area contributed by atoms with Crippen molar-refractivity contribution in [3.8, 4) is 0 Å². The molecule has 1 aliphatic carbocycles. The first kappa shape index (κ1) is 11.9. The van der Waals surface area contributed by atoms with Crippen LogP contribution in [0.1, 0.15) is 23.8 Å². The van der Waals surface area contributed by atoms with E-state index in [4.69, 9.17) is 5.11 Å². The van der Waals surface area contributed by atoms with Crippen LogP contribution in [-0.4, -0.2) is 28.2 Å². The van der Waals surface area contributed by atoms with Gasteiger partial charge in [0, 0.05) is 11.4 Å². The molecule has 0 fully saturated rings. The van der Waals surface area contributed by atoms with Gasteiger partial charge in [-0.2, -0.15) is 0 Å². The van der Waals surface area contributed by atoms with E-state index in [9.17, 15) is 0 Å². The van der Waals surface area contributed by atoms with Gasteiger partial charge in [0.1, 0.15) is 17.0 Å². The molecule has 5 heteroatoms. The summed E-state index contributed by atoms with van der Waals surface area (Å²) in [5, 5.41) is 13.3. The fourth-order valence-corrected chi connectivity index (χ4v) is 3.93. The summed E-state index contributed by atoms with van der Waals surface area (Å²) in [4.78, 5) is 11.2. The Morgan fingerprint density at radius 2 is 2.39 bits per heavy atom. The number of aryl methyl sites for hydroxylation is 1. The molecule has 3 rings (SSSR count). The van der Waals surface area contributed by atoms with Crippen LogP contribution in [0.2, 0.25) is 0 Å². The first-order valence-corrected chi connectivity index (χ1v) is 7.21. The first-order chi connectivity index (χ1) is 8.79. The molecule has 2 aromatic heterocycles. The van der Waals surface area contributed by atoms with Gasteiger partial charge in [-0.3, -0.25) is 0 Å². The second kappa shape index (κ2) is 4.82. The lowest BCUT2D eigenvalue weighted by molar-refractivity contribution is 0.311. The summed E-state index contributed by atoms with van der Waals surface area (Å²) in [6, 6.07) is 0. The van der Waals surface area contributed by atoms with Crippen LogP contribution in [0.4, 0.5) is 5.82 Å². The van der Waals surface area contributed by atoms with Crippen LogP contribution in [0.15, 0.2) is 6.33 Å². The Morgan fingerprint density at radius 3 is 3.22 bits per heavy atom. The van der Waals surface area contributed by atoms with Crippen molar-refractivity contribution in [3.05, 3.63) is 16.8 Å². The maximum atomic E-state index is 8.92. The van der Waals surface area contributed by atoms with Crippen molar-refractivity contribution >= 4 is 27.4 Å². The molecule has 96 valence electrons. The van der Waals surface area contributed by atoms with Gasteiger partial charge in [0.15, 0.2) is 0 Å². The highest BCUT2D eigenvalue weighted by atomic mass is 32.1. The van der Waals surface area contributed by atoms with Crippen molar-refractivity contribution < 1.29 is 5.11 Å². The SMILES string of the molecule is C[C@H]1CCc2c(sc3ncnc(NCCO)c23)C1. The summed E-state index contributed by atoms with van der Waals surface area (Å²) in [6.07, 6.45) is 5.13. The van der Waals surface area contributed by atoms with Crippen molar-refractivity contribution in [2.24, 2.45) is 5.92 Å². The minimum absolute atomic E-state index is 0.120. The Kier molecular flexibility index (Phi) is 3.18. The second-order valence-electron chi connectivity index (χ2n) is 4.90. The van der Waals surface area contributed by atoms with Crippen molar-refractivity contribution in [2.45, 2.75) is 26.2 Å². The van der Waals surface area contributed by atoms with Crippen LogP contribution in [0, 0.1) is 5.92 Å². The maximum absolute atomic E-state index is 8.92. The Balaban J connectivity index is 2.09. The fraction of sp³-hybridized carbons (Fsp3) is 0.538. The summed E-state index contributed by atoms with van der Waals surface area (Å²) in [5.41, 5.74) is 1.43. The standard InChI is InChI=1S/C13H17N3OS/c1-8-2-3-9-10(6-8)18-13-11(9)12(14-4-5-17)15-7-16-13/h7-8,17H,2-6H2,1H3,(H,14,15,16)/t8-/m0/s1. The molecule has 0 unspecified atom stereocenters. The third kappa shape index (κ3) is 1.97. The lowest BCUT2D eigenvalue weighted by Crippen LogP contribution is -2.10. The third-order valence-corrected chi connectivity index (χ3v) is 4.66. The maximum Gasteiger partial charge on any atom is 0.138 e. The van der Waals surface area contributed by atoms with E-state index in [0.29, 0.717) is 6.54 Å². The van der Waals surface area contributed by atoms with E-state index in [1.54, 1.807) is 17.7 Å². The molecule has 0 radical (unpaired) electrons. The third-order valence-electron chi connectivity index (χ3n) is 3.50. The Labute approximate surface area is 110 Å². The molecule has 0 spiro atoms. The van der Waals surface area contributed by atoms with Crippen LogP contribution in [0.3, 0.4) is 0 Å². The van der Waals surface area contributed by atoms with Gasteiger partial charge in [-0.1, -0.05) is 6.92 Å². The minimum Gasteiger partial charge on any atom is -0.395 e. The van der Waals surface area contributed by atoms with Gasteiger partial charge >= 0.3 is 0 Å². The fourth-order valence-electron chi connectivity index (χ4n) is 2.58. The monoisotopic (exact) mass is 263 g/mol. The molecular weight excluding hydrogens is 246 g/mol. The van der Waals surface area contributed by atoms with E-state index >= 15 is 0 Å². The zero-order valence-corrected chi connectivity index (χ0v) is 11.3. The summed E-state index contributed by atoms with van der Waals surface area (Å²) in [7, 11) is 0. The average molecular weight is 263 g/mol. The first-order valence-electron chi connectivity index (χ1n) is 6.39. The topological polar surface area (TPSA) is 58.0 Å². The molecule has 0 saturated carbocycles. The Bertz CT molecular complexity index is 567. The number of fused-ring (bicyclic) bond motifs is 3. The number of aliphatic hydroxyl groups is 1.